The van der Waals surface area contributed by atoms with Crippen LogP contribution in [0.1, 0.15) is 26.2 Å². The van der Waals surface area contributed by atoms with Gasteiger partial charge in [0.15, 0.2) is 0 Å². The van der Waals surface area contributed by atoms with E-state index < -0.39 is 0 Å². The molecule has 6 heteroatoms. The topological polar surface area (TPSA) is 87.3 Å². The molecule has 0 radical (unpaired) electrons. The third-order valence-corrected chi connectivity index (χ3v) is 3.84. The van der Waals surface area contributed by atoms with Gasteiger partial charge in [-0.25, -0.2) is 0 Å². The summed E-state index contributed by atoms with van der Waals surface area (Å²) in [7, 11) is 0. The van der Waals surface area contributed by atoms with Crippen LogP contribution in [-0.2, 0) is 14.4 Å². The van der Waals surface area contributed by atoms with Crippen molar-refractivity contribution >= 4 is 29.1 Å². The Balaban J connectivity index is 1.53. The average molecular weight is 301 g/mol. The largest absolute Gasteiger partial charge is 0.353 e. The van der Waals surface area contributed by atoms with Gasteiger partial charge in [0, 0.05) is 24.3 Å². The molecule has 0 heterocycles. The molecule has 2 atom stereocenters. The molecule has 3 amide bonds. The first-order valence-corrected chi connectivity index (χ1v) is 7.52. The maximum atomic E-state index is 12.1. The lowest BCUT2D eigenvalue weighted by Crippen LogP contribution is -2.29. The first kappa shape index (κ1) is 14.6. The first-order valence-electron chi connectivity index (χ1n) is 7.52. The molecule has 0 aliphatic heterocycles. The van der Waals surface area contributed by atoms with Crippen LogP contribution in [0.3, 0.4) is 0 Å². The summed E-state index contributed by atoms with van der Waals surface area (Å²) in [4.78, 5) is 35.0. The van der Waals surface area contributed by atoms with Gasteiger partial charge in [-0.2, -0.15) is 0 Å². The average Bonchev–Trinajstić information content (AvgIpc) is 3.32. The molecule has 1 aromatic carbocycles. The van der Waals surface area contributed by atoms with E-state index in [0.717, 1.165) is 12.8 Å². The zero-order chi connectivity index (χ0) is 15.7. The third-order valence-electron chi connectivity index (χ3n) is 3.84. The summed E-state index contributed by atoms with van der Waals surface area (Å²) in [5.41, 5.74) is 1.24. The first-order chi connectivity index (χ1) is 10.5. The molecule has 3 N–H and O–H groups in total. The number of carbonyl (C=O) groups is 3. The highest BCUT2D eigenvalue weighted by atomic mass is 16.2. The maximum absolute atomic E-state index is 12.1. The van der Waals surface area contributed by atoms with E-state index in [1.165, 1.54) is 6.92 Å². The number of carbonyl (C=O) groups excluding carboxylic acids is 3. The van der Waals surface area contributed by atoms with Crippen LogP contribution in [0.2, 0.25) is 0 Å². The zero-order valence-electron chi connectivity index (χ0n) is 12.4. The van der Waals surface area contributed by atoms with E-state index in [9.17, 15) is 14.4 Å². The van der Waals surface area contributed by atoms with Crippen LogP contribution in [0.5, 0.6) is 0 Å². The third kappa shape index (κ3) is 3.63. The van der Waals surface area contributed by atoms with Crippen LogP contribution in [0.25, 0.3) is 0 Å². The molecule has 1 aromatic rings. The van der Waals surface area contributed by atoms with Crippen molar-refractivity contribution in [2.75, 3.05) is 10.6 Å². The van der Waals surface area contributed by atoms with E-state index in [1.54, 1.807) is 24.3 Å². The second kappa shape index (κ2) is 5.79. The van der Waals surface area contributed by atoms with Gasteiger partial charge >= 0.3 is 0 Å². The Morgan fingerprint density at radius 1 is 1.00 bits per heavy atom. The molecule has 0 spiro atoms. The number of hydrogen-bond acceptors (Lipinski definition) is 3. The Morgan fingerprint density at radius 2 is 1.64 bits per heavy atom. The normalized spacial score (nSPS) is 22.6. The second-order valence-corrected chi connectivity index (χ2v) is 5.98. The van der Waals surface area contributed by atoms with Crippen molar-refractivity contribution < 1.29 is 14.4 Å². The molecular formula is C16H19N3O3. The Kier molecular flexibility index (Phi) is 3.83. The molecule has 0 bridgehead atoms. The van der Waals surface area contributed by atoms with E-state index >= 15 is 0 Å². The molecule has 6 nitrogen and oxygen atoms in total. The van der Waals surface area contributed by atoms with E-state index in [4.69, 9.17) is 0 Å². The molecule has 22 heavy (non-hydrogen) atoms. The molecule has 0 aromatic heterocycles. The van der Waals surface area contributed by atoms with Crippen molar-refractivity contribution in [1.82, 2.24) is 5.32 Å². The number of benzene rings is 1. The summed E-state index contributed by atoms with van der Waals surface area (Å²) >= 11 is 0. The van der Waals surface area contributed by atoms with Gasteiger partial charge < -0.3 is 16.0 Å². The second-order valence-electron chi connectivity index (χ2n) is 5.98. The highest BCUT2D eigenvalue weighted by Crippen LogP contribution is 2.40. The minimum atomic E-state index is -0.247. The summed E-state index contributed by atoms with van der Waals surface area (Å²) in [6, 6.07) is 7.28. The summed E-state index contributed by atoms with van der Waals surface area (Å²) in [5, 5.41) is 8.39. The Hall–Kier alpha value is -2.37. The lowest BCUT2D eigenvalue weighted by molar-refractivity contribution is -0.125. The maximum Gasteiger partial charge on any atom is 0.228 e. The van der Waals surface area contributed by atoms with E-state index in [0.29, 0.717) is 23.8 Å². The predicted molar refractivity (Wildman–Crippen MR) is 82.1 cm³/mol. The number of amides is 3. The molecule has 2 saturated carbocycles. The zero-order valence-corrected chi connectivity index (χ0v) is 12.4. The highest BCUT2D eigenvalue weighted by Gasteiger charge is 2.48. The minimum Gasteiger partial charge on any atom is -0.353 e. The molecule has 2 fully saturated rings. The van der Waals surface area contributed by atoms with Crippen molar-refractivity contribution in [3.8, 4) is 0 Å². The van der Waals surface area contributed by atoms with Crippen LogP contribution >= 0.6 is 0 Å². The van der Waals surface area contributed by atoms with Crippen molar-refractivity contribution in [3.05, 3.63) is 24.3 Å². The lowest BCUT2D eigenvalue weighted by Gasteiger charge is -2.08. The summed E-state index contributed by atoms with van der Waals surface area (Å²) in [5.74, 6) is -0.754. The van der Waals surface area contributed by atoms with Gasteiger partial charge in [0.1, 0.15) is 0 Å². The van der Waals surface area contributed by atoms with Gasteiger partial charge in [-0.15, -0.1) is 0 Å². The predicted octanol–water partition coefficient (Wildman–Crippen LogP) is 1.50. The van der Waals surface area contributed by atoms with Crippen LogP contribution in [0.4, 0.5) is 11.4 Å². The summed E-state index contributed by atoms with van der Waals surface area (Å²) in [6.07, 6.45) is 2.70. The number of nitrogens with one attached hydrogen (secondary N) is 3. The minimum absolute atomic E-state index is 0.00496. The fourth-order valence-electron chi connectivity index (χ4n) is 2.42. The van der Waals surface area contributed by atoms with Crippen molar-refractivity contribution in [2.45, 2.75) is 32.2 Å². The lowest BCUT2D eigenvalue weighted by atomic mass is 10.2. The molecule has 2 aliphatic carbocycles. The molecule has 2 aliphatic rings. The Labute approximate surface area is 128 Å². The number of anilines is 2. The molecule has 3 rings (SSSR count). The van der Waals surface area contributed by atoms with Crippen molar-refractivity contribution in [2.24, 2.45) is 11.8 Å². The fraction of sp³-hybridized carbons (Fsp3) is 0.438. The van der Waals surface area contributed by atoms with Gasteiger partial charge in [0.05, 0.1) is 11.8 Å². The monoisotopic (exact) mass is 301 g/mol. The van der Waals surface area contributed by atoms with Gasteiger partial charge in [0.25, 0.3) is 0 Å². The molecular weight excluding hydrogens is 282 g/mol. The molecule has 2 unspecified atom stereocenters. The van der Waals surface area contributed by atoms with Crippen LogP contribution in [-0.4, -0.2) is 23.8 Å². The standard InChI is InChI=1S/C16H19N3O3/c1-9(20)17-11-3-2-4-12(7-11)19-16(22)14-8-13(14)15(21)18-10-5-6-10/h2-4,7,10,13-14H,5-6,8H2,1H3,(H,17,20)(H,18,21)(H,19,22). The van der Waals surface area contributed by atoms with E-state index in [1.807, 2.05) is 0 Å². The number of hydrogen-bond donors (Lipinski definition) is 3. The number of rotatable bonds is 5. The van der Waals surface area contributed by atoms with Crippen molar-refractivity contribution in [3.63, 3.8) is 0 Å². The summed E-state index contributed by atoms with van der Waals surface area (Å²) < 4.78 is 0. The van der Waals surface area contributed by atoms with Crippen molar-refractivity contribution in [1.29, 1.82) is 0 Å². The quantitative estimate of drug-likeness (QED) is 0.770. The van der Waals surface area contributed by atoms with Gasteiger partial charge in [-0.05, 0) is 37.5 Å². The fourth-order valence-corrected chi connectivity index (χ4v) is 2.42. The van der Waals surface area contributed by atoms with Crippen LogP contribution in [0.15, 0.2) is 24.3 Å². The Bertz CT molecular complexity index is 625. The SMILES string of the molecule is CC(=O)Nc1cccc(NC(=O)C2CC2C(=O)NC2CC2)c1. The van der Waals surface area contributed by atoms with E-state index in [-0.39, 0.29) is 29.6 Å². The van der Waals surface area contributed by atoms with Crippen LogP contribution in [0, 0.1) is 11.8 Å². The van der Waals surface area contributed by atoms with Gasteiger partial charge in [-0.3, -0.25) is 14.4 Å². The van der Waals surface area contributed by atoms with Gasteiger partial charge in [-0.1, -0.05) is 6.07 Å². The van der Waals surface area contributed by atoms with Crippen LogP contribution < -0.4 is 16.0 Å². The Morgan fingerprint density at radius 3 is 2.27 bits per heavy atom. The van der Waals surface area contributed by atoms with Gasteiger partial charge in [0.2, 0.25) is 17.7 Å². The smallest absolute Gasteiger partial charge is 0.228 e. The summed E-state index contributed by atoms with van der Waals surface area (Å²) in [6.45, 7) is 1.43. The van der Waals surface area contributed by atoms with E-state index in [2.05, 4.69) is 16.0 Å². The molecule has 0 saturated heterocycles. The highest BCUT2D eigenvalue weighted by molar-refractivity contribution is 6.00. The molecule has 116 valence electrons.